The van der Waals surface area contributed by atoms with Crippen molar-refractivity contribution in [1.29, 1.82) is 0 Å². The van der Waals surface area contributed by atoms with E-state index in [-0.39, 0.29) is 13.1 Å². The predicted molar refractivity (Wildman–Crippen MR) is 59.0 cm³/mol. The van der Waals surface area contributed by atoms with Crippen molar-refractivity contribution in [3.63, 3.8) is 0 Å². The molecule has 0 saturated carbocycles. The Morgan fingerprint density at radius 2 is 1.50 bits per heavy atom. The average Bonchev–Trinajstić information content (AvgIpc) is 2.22. The lowest BCUT2D eigenvalue weighted by Crippen LogP contribution is -2.51. The summed E-state index contributed by atoms with van der Waals surface area (Å²) in [5.74, 6) is 0. The molecule has 5 heteroatoms. The third-order valence-corrected chi connectivity index (χ3v) is 2.09. The molecule has 0 aromatic carbocycles. The Hall–Kier alpha value is -0.200. The molecular formula is C9H24N4O. The smallest absolute Gasteiger partial charge is 0.0784 e. The van der Waals surface area contributed by atoms with Gasteiger partial charge in [0.05, 0.1) is 6.10 Å². The normalized spacial score (nSPS) is 27.0. The quantitative estimate of drug-likeness (QED) is 0.366. The van der Waals surface area contributed by atoms with Crippen molar-refractivity contribution in [2.24, 2.45) is 11.5 Å². The van der Waals surface area contributed by atoms with E-state index in [2.05, 4.69) is 24.5 Å². The summed E-state index contributed by atoms with van der Waals surface area (Å²) in [4.78, 5) is 0. The molecule has 14 heavy (non-hydrogen) atoms. The lowest BCUT2D eigenvalue weighted by Gasteiger charge is -2.26. The van der Waals surface area contributed by atoms with Crippen molar-refractivity contribution >= 4 is 0 Å². The minimum Gasteiger partial charge on any atom is -0.390 e. The monoisotopic (exact) mass is 204 g/mol. The zero-order valence-corrected chi connectivity index (χ0v) is 9.16. The van der Waals surface area contributed by atoms with Crippen LogP contribution < -0.4 is 22.1 Å². The SMILES string of the molecule is CC1CNC(C)CN1.NCC(O)CN. The van der Waals surface area contributed by atoms with Gasteiger partial charge >= 0.3 is 0 Å². The summed E-state index contributed by atoms with van der Waals surface area (Å²) >= 11 is 0. The van der Waals surface area contributed by atoms with E-state index in [0.717, 1.165) is 13.1 Å². The first-order valence-electron chi connectivity index (χ1n) is 5.15. The average molecular weight is 204 g/mol. The number of aliphatic hydroxyl groups excluding tert-OH is 1. The number of rotatable bonds is 2. The fourth-order valence-electron chi connectivity index (χ4n) is 0.996. The Morgan fingerprint density at radius 1 is 1.14 bits per heavy atom. The van der Waals surface area contributed by atoms with E-state index in [1.165, 1.54) is 0 Å². The molecule has 5 nitrogen and oxygen atoms in total. The maximum atomic E-state index is 8.42. The van der Waals surface area contributed by atoms with Gasteiger partial charge in [0, 0.05) is 38.3 Å². The largest absolute Gasteiger partial charge is 0.390 e. The third kappa shape index (κ3) is 7.23. The van der Waals surface area contributed by atoms with Gasteiger partial charge in [0.25, 0.3) is 0 Å². The van der Waals surface area contributed by atoms with E-state index < -0.39 is 6.10 Å². The van der Waals surface area contributed by atoms with Gasteiger partial charge in [-0.05, 0) is 13.8 Å². The van der Waals surface area contributed by atoms with Gasteiger partial charge in [-0.3, -0.25) is 0 Å². The van der Waals surface area contributed by atoms with E-state index in [1.54, 1.807) is 0 Å². The molecular weight excluding hydrogens is 180 g/mol. The zero-order chi connectivity index (χ0) is 11.0. The van der Waals surface area contributed by atoms with Crippen molar-refractivity contribution in [1.82, 2.24) is 10.6 Å². The second-order valence-electron chi connectivity index (χ2n) is 3.74. The highest BCUT2D eigenvalue weighted by Crippen LogP contribution is 1.89. The highest BCUT2D eigenvalue weighted by molar-refractivity contribution is 4.76. The number of aliphatic hydroxyl groups is 1. The van der Waals surface area contributed by atoms with Gasteiger partial charge in [-0.25, -0.2) is 0 Å². The van der Waals surface area contributed by atoms with E-state index in [4.69, 9.17) is 16.6 Å². The van der Waals surface area contributed by atoms with Crippen LogP contribution in [0.5, 0.6) is 0 Å². The Morgan fingerprint density at radius 3 is 1.64 bits per heavy atom. The van der Waals surface area contributed by atoms with E-state index in [0.29, 0.717) is 12.1 Å². The minimum absolute atomic E-state index is 0.260. The van der Waals surface area contributed by atoms with Gasteiger partial charge in [0.2, 0.25) is 0 Å². The van der Waals surface area contributed by atoms with Crippen molar-refractivity contribution in [2.45, 2.75) is 32.0 Å². The molecule has 0 spiro atoms. The van der Waals surface area contributed by atoms with Gasteiger partial charge in [-0.15, -0.1) is 0 Å². The van der Waals surface area contributed by atoms with Crippen LogP contribution in [0.15, 0.2) is 0 Å². The molecule has 1 aliphatic rings. The molecule has 0 aromatic heterocycles. The lowest BCUT2D eigenvalue weighted by atomic mass is 10.2. The Kier molecular flexibility index (Phi) is 8.02. The summed E-state index contributed by atoms with van der Waals surface area (Å²) in [6.07, 6.45) is -0.509. The predicted octanol–water partition coefficient (Wildman–Crippen LogP) is -1.78. The van der Waals surface area contributed by atoms with Crippen molar-refractivity contribution < 1.29 is 5.11 Å². The molecule has 1 heterocycles. The molecule has 1 aliphatic heterocycles. The van der Waals surface area contributed by atoms with E-state index in [9.17, 15) is 0 Å². The van der Waals surface area contributed by atoms with Crippen molar-refractivity contribution in [2.75, 3.05) is 26.2 Å². The van der Waals surface area contributed by atoms with Crippen LogP contribution in [0.2, 0.25) is 0 Å². The number of hydrogen-bond acceptors (Lipinski definition) is 5. The standard InChI is InChI=1S/C6H14N2.C3H10N2O/c1-5-3-8-6(2)4-7-5;4-1-3(6)2-5/h5-8H,3-4H2,1-2H3;3,6H,1-2,4-5H2. The Labute approximate surface area is 86.2 Å². The summed E-state index contributed by atoms with van der Waals surface area (Å²) in [6.45, 7) is 7.13. The van der Waals surface area contributed by atoms with Crippen LogP contribution in [0.3, 0.4) is 0 Å². The van der Waals surface area contributed by atoms with Gasteiger partial charge in [-0.2, -0.15) is 0 Å². The molecule has 2 unspecified atom stereocenters. The molecule has 86 valence electrons. The van der Waals surface area contributed by atoms with Crippen LogP contribution in [-0.4, -0.2) is 49.5 Å². The topological polar surface area (TPSA) is 96.3 Å². The lowest BCUT2D eigenvalue weighted by molar-refractivity contribution is 0.191. The number of nitrogens with one attached hydrogen (secondary N) is 2. The van der Waals surface area contributed by atoms with Crippen LogP contribution >= 0.6 is 0 Å². The summed E-state index contributed by atoms with van der Waals surface area (Å²) < 4.78 is 0. The van der Waals surface area contributed by atoms with E-state index in [1.807, 2.05) is 0 Å². The van der Waals surface area contributed by atoms with E-state index >= 15 is 0 Å². The first-order chi connectivity index (χ1) is 6.60. The van der Waals surface area contributed by atoms with Gasteiger partial charge in [0.15, 0.2) is 0 Å². The first kappa shape index (κ1) is 13.8. The Bertz CT molecular complexity index is 112. The fraction of sp³-hybridized carbons (Fsp3) is 1.00. The first-order valence-corrected chi connectivity index (χ1v) is 5.15. The second-order valence-corrected chi connectivity index (χ2v) is 3.74. The number of hydrogen-bond donors (Lipinski definition) is 5. The van der Waals surface area contributed by atoms with Crippen LogP contribution in [0.1, 0.15) is 13.8 Å². The minimum atomic E-state index is -0.509. The molecule has 2 atom stereocenters. The molecule has 0 aromatic rings. The molecule has 0 amide bonds. The summed E-state index contributed by atoms with van der Waals surface area (Å²) in [5, 5.41) is 15.2. The second kappa shape index (κ2) is 8.14. The molecule has 0 radical (unpaired) electrons. The highest BCUT2D eigenvalue weighted by Gasteiger charge is 2.10. The van der Waals surface area contributed by atoms with Crippen LogP contribution in [0.25, 0.3) is 0 Å². The third-order valence-electron chi connectivity index (χ3n) is 2.09. The fourth-order valence-corrected chi connectivity index (χ4v) is 0.996. The molecule has 1 saturated heterocycles. The molecule has 0 aliphatic carbocycles. The maximum absolute atomic E-state index is 8.42. The summed E-state index contributed by atoms with van der Waals surface area (Å²) in [5.41, 5.74) is 9.91. The highest BCUT2D eigenvalue weighted by atomic mass is 16.3. The van der Waals surface area contributed by atoms with Crippen molar-refractivity contribution in [3.8, 4) is 0 Å². The number of nitrogens with two attached hydrogens (primary N) is 2. The molecule has 7 N–H and O–H groups in total. The zero-order valence-electron chi connectivity index (χ0n) is 9.16. The molecule has 1 rings (SSSR count). The molecule has 0 bridgehead atoms. The number of piperazine rings is 1. The van der Waals surface area contributed by atoms with Crippen LogP contribution in [0.4, 0.5) is 0 Å². The van der Waals surface area contributed by atoms with Crippen LogP contribution in [0, 0.1) is 0 Å². The maximum Gasteiger partial charge on any atom is 0.0784 e. The van der Waals surface area contributed by atoms with Crippen molar-refractivity contribution in [3.05, 3.63) is 0 Å². The van der Waals surface area contributed by atoms with Crippen LogP contribution in [-0.2, 0) is 0 Å². The van der Waals surface area contributed by atoms with Gasteiger partial charge in [0.1, 0.15) is 0 Å². The van der Waals surface area contributed by atoms with Gasteiger partial charge < -0.3 is 27.2 Å². The molecule has 1 fully saturated rings. The summed E-state index contributed by atoms with van der Waals surface area (Å²) in [7, 11) is 0. The van der Waals surface area contributed by atoms with Gasteiger partial charge in [-0.1, -0.05) is 0 Å². The summed E-state index contributed by atoms with van der Waals surface area (Å²) in [6, 6.07) is 1.32. The Balaban J connectivity index is 0.000000255.